The van der Waals surface area contributed by atoms with Crippen LogP contribution in [0.15, 0.2) is 18.2 Å². The van der Waals surface area contributed by atoms with Gasteiger partial charge in [-0.2, -0.15) is 0 Å². The molecule has 0 spiro atoms. The van der Waals surface area contributed by atoms with Crippen LogP contribution in [-0.2, 0) is 16.3 Å². The first kappa shape index (κ1) is 13.9. The molecule has 1 aromatic heterocycles. The first-order valence-corrected chi connectivity index (χ1v) is 8.29. The van der Waals surface area contributed by atoms with Gasteiger partial charge in [-0.25, -0.2) is 22.6 Å². The van der Waals surface area contributed by atoms with Gasteiger partial charge in [0.1, 0.15) is 16.6 Å². The van der Waals surface area contributed by atoms with Crippen LogP contribution < -0.4 is 0 Å². The SMILES string of the molecule is CS(=O)(=O)C1CCc2c1nc1c(F)cccc1c2C(=O)O. The second kappa shape index (κ2) is 4.49. The minimum Gasteiger partial charge on any atom is -0.478 e. The third-order valence-corrected chi connectivity index (χ3v) is 5.28. The van der Waals surface area contributed by atoms with E-state index in [1.54, 1.807) is 0 Å². The maximum Gasteiger partial charge on any atom is 0.336 e. The Morgan fingerprint density at radius 1 is 1.43 bits per heavy atom. The number of nitrogens with zero attached hydrogens (tertiary/aromatic N) is 1. The van der Waals surface area contributed by atoms with Crippen molar-refractivity contribution in [3.63, 3.8) is 0 Å². The predicted molar refractivity (Wildman–Crippen MR) is 74.6 cm³/mol. The zero-order valence-electron chi connectivity index (χ0n) is 11.1. The molecule has 3 rings (SSSR count). The number of sulfone groups is 1. The summed E-state index contributed by atoms with van der Waals surface area (Å²) in [5.74, 6) is -1.85. The lowest BCUT2D eigenvalue weighted by atomic mass is 10.0. The minimum absolute atomic E-state index is 0.0411. The van der Waals surface area contributed by atoms with E-state index >= 15 is 0 Å². The van der Waals surface area contributed by atoms with Gasteiger partial charge in [0.15, 0.2) is 9.84 Å². The van der Waals surface area contributed by atoms with E-state index in [0.29, 0.717) is 12.0 Å². The fourth-order valence-corrected chi connectivity index (χ4v) is 4.05. The molecule has 0 aliphatic heterocycles. The van der Waals surface area contributed by atoms with Crippen molar-refractivity contribution >= 4 is 26.7 Å². The number of carbonyl (C=O) groups is 1. The second-order valence-electron chi connectivity index (χ2n) is 5.15. The highest BCUT2D eigenvalue weighted by Crippen LogP contribution is 2.39. The maximum atomic E-state index is 13.9. The number of carboxylic acids is 1. The number of benzene rings is 1. The van der Waals surface area contributed by atoms with Gasteiger partial charge in [0.05, 0.1) is 11.3 Å². The van der Waals surface area contributed by atoms with E-state index < -0.39 is 26.9 Å². The number of halogens is 1. The summed E-state index contributed by atoms with van der Waals surface area (Å²) in [5, 5.41) is 8.77. The molecule has 1 heterocycles. The third-order valence-electron chi connectivity index (χ3n) is 3.79. The molecule has 7 heteroatoms. The summed E-state index contributed by atoms with van der Waals surface area (Å²) in [5.41, 5.74) is 0.438. The van der Waals surface area contributed by atoms with Crippen LogP contribution in [0, 0.1) is 5.82 Å². The van der Waals surface area contributed by atoms with Crippen molar-refractivity contribution in [2.45, 2.75) is 18.1 Å². The largest absolute Gasteiger partial charge is 0.478 e. The van der Waals surface area contributed by atoms with E-state index in [0.717, 1.165) is 6.26 Å². The lowest BCUT2D eigenvalue weighted by Gasteiger charge is -2.12. The number of hydrogen-bond acceptors (Lipinski definition) is 4. The van der Waals surface area contributed by atoms with Crippen molar-refractivity contribution in [3.05, 3.63) is 40.8 Å². The number of aromatic nitrogens is 1. The van der Waals surface area contributed by atoms with Crippen molar-refractivity contribution in [1.29, 1.82) is 0 Å². The topological polar surface area (TPSA) is 84.3 Å². The van der Waals surface area contributed by atoms with E-state index in [9.17, 15) is 22.7 Å². The molecule has 110 valence electrons. The van der Waals surface area contributed by atoms with Crippen LogP contribution in [0.25, 0.3) is 10.9 Å². The van der Waals surface area contributed by atoms with Crippen LogP contribution in [0.4, 0.5) is 4.39 Å². The molecular formula is C14H12FNO4S. The number of para-hydroxylation sites is 1. The van der Waals surface area contributed by atoms with Crippen molar-refractivity contribution in [3.8, 4) is 0 Å². The third kappa shape index (κ3) is 2.08. The Kier molecular flexibility index (Phi) is 2.98. The van der Waals surface area contributed by atoms with Crippen molar-refractivity contribution in [2.75, 3.05) is 6.26 Å². The fraction of sp³-hybridized carbons (Fsp3) is 0.286. The Morgan fingerprint density at radius 3 is 2.76 bits per heavy atom. The van der Waals surface area contributed by atoms with Crippen LogP contribution in [0.2, 0.25) is 0 Å². The van der Waals surface area contributed by atoms with Crippen molar-refractivity contribution < 1.29 is 22.7 Å². The molecule has 2 aromatic rings. The summed E-state index contributed by atoms with van der Waals surface area (Å²) in [6.07, 6.45) is 1.67. The molecule has 0 saturated heterocycles. The molecule has 0 bridgehead atoms. The van der Waals surface area contributed by atoms with E-state index in [-0.39, 0.29) is 28.6 Å². The van der Waals surface area contributed by atoms with Gasteiger partial charge in [0, 0.05) is 11.6 Å². The smallest absolute Gasteiger partial charge is 0.336 e. The van der Waals surface area contributed by atoms with Gasteiger partial charge in [-0.3, -0.25) is 0 Å². The maximum absolute atomic E-state index is 13.9. The Labute approximate surface area is 120 Å². The Bertz CT molecular complexity index is 876. The number of pyridine rings is 1. The average molecular weight is 309 g/mol. The summed E-state index contributed by atoms with van der Waals surface area (Å²) in [4.78, 5) is 15.7. The van der Waals surface area contributed by atoms with Crippen LogP contribution in [0.5, 0.6) is 0 Å². The van der Waals surface area contributed by atoms with Crippen molar-refractivity contribution in [1.82, 2.24) is 4.98 Å². The van der Waals surface area contributed by atoms with E-state index in [4.69, 9.17) is 0 Å². The summed E-state index contributed by atoms with van der Waals surface area (Å²) in [6, 6.07) is 4.09. The van der Waals surface area contributed by atoms with E-state index in [1.165, 1.54) is 18.2 Å². The predicted octanol–water partition coefficient (Wildman–Crippen LogP) is 2.10. The Balaban J connectivity index is 2.44. The zero-order valence-corrected chi connectivity index (χ0v) is 11.9. The molecule has 0 fully saturated rings. The summed E-state index contributed by atoms with van der Waals surface area (Å²) >= 11 is 0. The zero-order chi connectivity index (χ0) is 15.4. The van der Waals surface area contributed by atoms with Crippen LogP contribution >= 0.6 is 0 Å². The van der Waals surface area contributed by atoms with Crippen LogP contribution in [0.1, 0.15) is 33.3 Å². The highest BCUT2D eigenvalue weighted by atomic mass is 32.2. The van der Waals surface area contributed by atoms with Crippen LogP contribution in [0.3, 0.4) is 0 Å². The van der Waals surface area contributed by atoms with Gasteiger partial charge in [0.2, 0.25) is 0 Å². The lowest BCUT2D eigenvalue weighted by molar-refractivity contribution is 0.0698. The summed E-state index contributed by atoms with van der Waals surface area (Å²) < 4.78 is 37.6. The Hall–Kier alpha value is -2.02. The summed E-state index contributed by atoms with van der Waals surface area (Å²) in [7, 11) is -3.42. The van der Waals surface area contributed by atoms with Gasteiger partial charge in [0.25, 0.3) is 0 Å². The molecule has 21 heavy (non-hydrogen) atoms. The average Bonchev–Trinajstić information content (AvgIpc) is 2.79. The molecule has 1 atom stereocenters. The molecule has 1 aliphatic carbocycles. The van der Waals surface area contributed by atoms with Crippen LogP contribution in [-0.4, -0.2) is 30.7 Å². The molecule has 0 amide bonds. The van der Waals surface area contributed by atoms with E-state index in [2.05, 4.69) is 4.98 Å². The normalized spacial score (nSPS) is 17.9. The van der Waals surface area contributed by atoms with Gasteiger partial charge in [-0.1, -0.05) is 12.1 Å². The summed E-state index contributed by atoms with van der Waals surface area (Å²) in [6.45, 7) is 0. The highest BCUT2D eigenvalue weighted by molar-refractivity contribution is 7.90. The molecule has 0 radical (unpaired) electrons. The number of fused-ring (bicyclic) bond motifs is 2. The number of hydrogen-bond donors (Lipinski definition) is 1. The monoisotopic (exact) mass is 309 g/mol. The van der Waals surface area contributed by atoms with E-state index in [1.807, 2.05) is 0 Å². The molecule has 0 saturated carbocycles. The molecule has 5 nitrogen and oxygen atoms in total. The van der Waals surface area contributed by atoms with Gasteiger partial charge >= 0.3 is 5.97 Å². The molecule has 1 N–H and O–H groups in total. The fourth-order valence-electron chi connectivity index (χ4n) is 2.90. The number of aromatic carboxylic acids is 1. The first-order valence-electron chi connectivity index (χ1n) is 6.34. The number of carboxylic acid groups (broad SMARTS) is 1. The molecule has 1 aliphatic rings. The van der Waals surface area contributed by atoms with Gasteiger partial charge in [-0.05, 0) is 24.5 Å². The molecule has 1 unspecified atom stereocenters. The van der Waals surface area contributed by atoms with Gasteiger partial charge < -0.3 is 5.11 Å². The molecular weight excluding hydrogens is 297 g/mol. The quantitative estimate of drug-likeness (QED) is 0.918. The Morgan fingerprint density at radius 2 is 2.14 bits per heavy atom. The molecule has 1 aromatic carbocycles. The number of rotatable bonds is 2. The van der Waals surface area contributed by atoms with Gasteiger partial charge in [-0.15, -0.1) is 0 Å². The standard InChI is InChI=1S/C14H12FNO4S/c1-21(19,20)10-6-5-8-11(14(17)18)7-3-2-4-9(15)12(7)16-13(8)10/h2-4,10H,5-6H2,1H3,(H,17,18). The lowest BCUT2D eigenvalue weighted by Crippen LogP contribution is -2.12. The van der Waals surface area contributed by atoms with Crippen molar-refractivity contribution in [2.24, 2.45) is 0 Å². The second-order valence-corrected chi connectivity index (χ2v) is 7.38. The first-order chi connectivity index (χ1) is 9.80. The highest BCUT2D eigenvalue weighted by Gasteiger charge is 2.36. The minimum atomic E-state index is -3.42.